The summed E-state index contributed by atoms with van der Waals surface area (Å²) in [6.07, 6.45) is 1.57. The highest BCUT2D eigenvalue weighted by Gasteiger charge is 2.16. The van der Waals surface area contributed by atoms with E-state index in [0.717, 1.165) is 10.4 Å². The van der Waals surface area contributed by atoms with E-state index in [9.17, 15) is 4.79 Å². The number of thioether (sulfide) groups is 1. The van der Waals surface area contributed by atoms with E-state index in [0.29, 0.717) is 27.8 Å². The van der Waals surface area contributed by atoms with E-state index in [4.69, 9.17) is 20.4 Å². The number of amides is 1. The number of halogens is 1. The van der Waals surface area contributed by atoms with Crippen molar-refractivity contribution in [3.8, 4) is 11.5 Å². The van der Waals surface area contributed by atoms with Crippen LogP contribution in [-0.2, 0) is 11.3 Å². The molecule has 0 radical (unpaired) electrons. The first kappa shape index (κ1) is 17.1. The van der Waals surface area contributed by atoms with Crippen molar-refractivity contribution in [2.24, 2.45) is 0 Å². The number of hydrogen-bond acceptors (Lipinski definition) is 7. The summed E-state index contributed by atoms with van der Waals surface area (Å²) in [4.78, 5) is 14.9. The molecule has 3 heterocycles. The van der Waals surface area contributed by atoms with Gasteiger partial charge in [-0.1, -0.05) is 23.4 Å². The van der Waals surface area contributed by atoms with Crippen molar-refractivity contribution in [3.63, 3.8) is 0 Å². The Morgan fingerprint density at radius 1 is 1.38 bits per heavy atom. The third-order valence-corrected chi connectivity index (χ3v) is 5.28. The number of hydrogen-bond donors (Lipinski definition) is 0. The molecular weight excluding hydrogens is 370 g/mol. The van der Waals surface area contributed by atoms with Crippen LogP contribution in [0.4, 0.5) is 0 Å². The van der Waals surface area contributed by atoms with Crippen LogP contribution in [0.15, 0.2) is 38.5 Å². The third kappa shape index (κ3) is 4.00. The number of furan rings is 1. The van der Waals surface area contributed by atoms with Gasteiger partial charge in [0, 0.05) is 11.9 Å². The summed E-state index contributed by atoms with van der Waals surface area (Å²) < 4.78 is 11.5. The van der Waals surface area contributed by atoms with Gasteiger partial charge in [-0.05, 0) is 25.1 Å². The lowest BCUT2D eigenvalue weighted by Crippen LogP contribution is -2.27. The van der Waals surface area contributed by atoms with Gasteiger partial charge < -0.3 is 13.7 Å². The standard InChI is InChI=1S/C15H14ClN3O3S2/c1-9-11(5-6-21-9)14-17-18-15(22-14)23-8-13(20)19(2)7-10-3-4-12(16)24-10/h3-6H,7-8H2,1-2H3. The van der Waals surface area contributed by atoms with Crippen LogP contribution >= 0.6 is 34.7 Å². The van der Waals surface area contributed by atoms with Gasteiger partial charge in [-0.3, -0.25) is 4.79 Å². The predicted molar refractivity (Wildman–Crippen MR) is 93.3 cm³/mol. The lowest BCUT2D eigenvalue weighted by atomic mass is 10.3. The summed E-state index contributed by atoms with van der Waals surface area (Å²) in [6.45, 7) is 2.35. The Morgan fingerprint density at radius 3 is 2.88 bits per heavy atom. The Balaban J connectivity index is 1.54. The van der Waals surface area contributed by atoms with Gasteiger partial charge in [0.25, 0.3) is 11.1 Å². The second-order valence-corrected chi connectivity index (χ2v) is 7.73. The molecule has 0 aliphatic carbocycles. The van der Waals surface area contributed by atoms with Crippen LogP contribution in [0.5, 0.6) is 0 Å². The van der Waals surface area contributed by atoms with Gasteiger partial charge in [0.1, 0.15) is 5.76 Å². The molecule has 0 aromatic carbocycles. The quantitative estimate of drug-likeness (QED) is 0.596. The molecule has 0 aliphatic heterocycles. The van der Waals surface area contributed by atoms with Crippen LogP contribution < -0.4 is 0 Å². The number of nitrogens with zero attached hydrogens (tertiary/aromatic N) is 3. The zero-order chi connectivity index (χ0) is 17.1. The summed E-state index contributed by atoms with van der Waals surface area (Å²) in [7, 11) is 1.75. The summed E-state index contributed by atoms with van der Waals surface area (Å²) >= 11 is 8.57. The summed E-state index contributed by atoms with van der Waals surface area (Å²) in [6, 6.07) is 5.51. The number of carbonyl (C=O) groups excluding carboxylic acids is 1. The number of thiophene rings is 1. The van der Waals surface area contributed by atoms with Crippen LogP contribution in [0, 0.1) is 6.92 Å². The predicted octanol–water partition coefficient (Wildman–Crippen LogP) is 4.10. The maximum absolute atomic E-state index is 12.2. The normalized spacial score (nSPS) is 11.0. The monoisotopic (exact) mass is 383 g/mol. The molecule has 3 aromatic rings. The highest BCUT2D eigenvalue weighted by Crippen LogP contribution is 2.27. The van der Waals surface area contributed by atoms with Crippen LogP contribution in [0.1, 0.15) is 10.6 Å². The van der Waals surface area contributed by atoms with Crippen molar-refractivity contribution in [1.82, 2.24) is 15.1 Å². The number of carbonyl (C=O) groups is 1. The molecule has 0 unspecified atom stereocenters. The van der Waals surface area contributed by atoms with Crippen molar-refractivity contribution in [2.45, 2.75) is 18.7 Å². The van der Waals surface area contributed by atoms with E-state index in [1.807, 2.05) is 19.1 Å². The number of rotatable bonds is 6. The first-order chi connectivity index (χ1) is 11.5. The fourth-order valence-electron chi connectivity index (χ4n) is 1.98. The van der Waals surface area contributed by atoms with Crippen molar-refractivity contribution in [1.29, 1.82) is 0 Å². The van der Waals surface area contributed by atoms with E-state index < -0.39 is 0 Å². The van der Waals surface area contributed by atoms with Crippen LogP contribution in [0.25, 0.3) is 11.5 Å². The Hall–Kier alpha value is -1.77. The minimum absolute atomic E-state index is 0.0243. The van der Waals surface area contributed by atoms with Crippen LogP contribution in [-0.4, -0.2) is 33.8 Å². The van der Waals surface area contributed by atoms with Crippen molar-refractivity contribution >= 4 is 40.6 Å². The minimum Gasteiger partial charge on any atom is -0.469 e. The molecule has 3 aromatic heterocycles. The van der Waals surface area contributed by atoms with Gasteiger partial charge in [0.2, 0.25) is 5.91 Å². The summed E-state index contributed by atoms with van der Waals surface area (Å²) in [5, 5.41) is 8.28. The van der Waals surface area contributed by atoms with Crippen molar-refractivity contribution in [2.75, 3.05) is 12.8 Å². The molecule has 0 fully saturated rings. The minimum atomic E-state index is -0.0243. The average Bonchev–Trinajstić information content (AvgIpc) is 3.26. The molecule has 0 atom stereocenters. The van der Waals surface area contributed by atoms with Crippen molar-refractivity contribution in [3.05, 3.63) is 39.4 Å². The van der Waals surface area contributed by atoms with Gasteiger partial charge in [0.15, 0.2) is 0 Å². The summed E-state index contributed by atoms with van der Waals surface area (Å²) in [5.41, 5.74) is 0.757. The molecule has 0 spiro atoms. The molecule has 0 N–H and O–H groups in total. The molecule has 1 amide bonds. The maximum atomic E-state index is 12.2. The molecule has 24 heavy (non-hydrogen) atoms. The van der Waals surface area contributed by atoms with Gasteiger partial charge >= 0.3 is 0 Å². The first-order valence-corrected chi connectivity index (χ1v) is 9.20. The highest BCUT2D eigenvalue weighted by atomic mass is 35.5. The SMILES string of the molecule is Cc1occc1-c1nnc(SCC(=O)N(C)Cc2ccc(Cl)s2)o1. The Morgan fingerprint density at radius 2 is 2.21 bits per heavy atom. The molecule has 0 aliphatic rings. The number of aryl methyl sites for hydroxylation is 1. The Labute approximate surface area is 151 Å². The van der Waals surface area contributed by atoms with Gasteiger partial charge in [-0.15, -0.1) is 21.5 Å². The largest absolute Gasteiger partial charge is 0.469 e. The molecule has 0 saturated heterocycles. The lowest BCUT2D eigenvalue weighted by Gasteiger charge is -2.15. The van der Waals surface area contributed by atoms with Gasteiger partial charge in [-0.2, -0.15) is 0 Å². The molecule has 6 nitrogen and oxygen atoms in total. The fourth-order valence-corrected chi connectivity index (χ4v) is 3.82. The van der Waals surface area contributed by atoms with E-state index in [1.165, 1.54) is 23.1 Å². The lowest BCUT2D eigenvalue weighted by molar-refractivity contribution is -0.127. The average molecular weight is 384 g/mol. The topological polar surface area (TPSA) is 72.4 Å². The Bertz CT molecular complexity index is 843. The van der Waals surface area contributed by atoms with Crippen LogP contribution in [0.2, 0.25) is 4.34 Å². The maximum Gasteiger partial charge on any atom is 0.277 e. The van der Waals surface area contributed by atoms with E-state index in [-0.39, 0.29) is 11.7 Å². The molecule has 9 heteroatoms. The van der Waals surface area contributed by atoms with Gasteiger partial charge in [0.05, 0.1) is 28.5 Å². The van der Waals surface area contributed by atoms with E-state index in [2.05, 4.69) is 10.2 Å². The first-order valence-electron chi connectivity index (χ1n) is 7.02. The second kappa shape index (κ2) is 7.42. The zero-order valence-corrected chi connectivity index (χ0v) is 15.4. The molecule has 0 saturated carbocycles. The molecule has 0 bridgehead atoms. The number of aromatic nitrogens is 2. The fraction of sp³-hybridized carbons (Fsp3) is 0.267. The van der Waals surface area contributed by atoms with Gasteiger partial charge in [-0.25, -0.2) is 0 Å². The highest BCUT2D eigenvalue weighted by molar-refractivity contribution is 7.99. The molecule has 3 rings (SSSR count). The van der Waals surface area contributed by atoms with Crippen molar-refractivity contribution < 1.29 is 13.6 Å². The third-order valence-electron chi connectivity index (χ3n) is 3.26. The zero-order valence-electron chi connectivity index (χ0n) is 13.0. The second-order valence-electron chi connectivity index (χ2n) is 5.01. The van der Waals surface area contributed by atoms with E-state index in [1.54, 1.807) is 24.3 Å². The smallest absolute Gasteiger partial charge is 0.277 e. The van der Waals surface area contributed by atoms with E-state index >= 15 is 0 Å². The molecular formula is C15H14ClN3O3S2. The molecule has 126 valence electrons. The summed E-state index contributed by atoms with van der Waals surface area (Å²) in [5.74, 6) is 1.30. The Kier molecular flexibility index (Phi) is 5.27. The van der Waals surface area contributed by atoms with Crippen LogP contribution in [0.3, 0.4) is 0 Å².